The number of aromatic nitrogens is 1. The van der Waals surface area contributed by atoms with Gasteiger partial charge >= 0.3 is 0 Å². The summed E-state index contributed by atoms with van der Waals surface area (Å²) in [5.41, 5.74) is 0. The third-order valence-corrected chi connectivity index (χ3v) is 2.22. The van der Waals surface area contributed by atoms with Crippen molar-refractivity contribution in [2.75, 3.05) is 14.2 Å². The molecule has 0 aliphatic heterocycles. The summed E-state index contributed by atoms with van der Waals surface area (Å²) >= 11 is 0. The van der Waals surface area contributed by atoms with Gasteiger partial charge in [0.2, 0.25) is 5.88 Å². The molecule has 17 heavy (non-hydrogen) atoms. The number of benzene rings is 1. The van der Waals surface area contributed by atoms with Gasteiger partial charge in [0.25, 0.3) is 0 Å². The van der Waals surface area contributed by atoms with Crippen LogP contribution in [-0.4, -0.2) is 19.2 Å². The van der Waals surface area contributed by atoms with Crippen molar-refractivity contribution in [3.63, 3.8) is 0 Å². The van der Waals surface area contributed by atoms with E-state index in [0.29, 0.717) is 23.1 Å². The lowest BCUT2D eigenvalue weighted by atomic mass is 10.3. The second-order valence-electron chi connectivity index (χ2n) is 3.29. The highest BCUT2D eigenvalue weighted by Gasteiger charge is 2.06. The standard InChI is InChI=1S/C13H13NO3/c1-15-11-7-6-10(9-12(11)16-2)17-13-5-3-4-8-14-13/h3-9H,1-2H3. The molecule has 1 aromatic carbocycles. The van der Waals surface area contributed by atoms with Gasteiger partial charge in [0.1, 0.15) is 5.75 Å². The fourth-order valence-electron chi connectivity index (χ4n) is 1.41. The van der Waals surface area contributed by atoms with Crippen LogP contribution in [0, 0.1) is 0 Å². The first kappa shape index (κ1) is 11.3. The summed E-state index contributed by atoms with van der Waals surface area (Å²) in [5, 5.41) is 0. The van der Waals surface area contributed by atoms with Crippen molar-refractivity contribution >= 4 is 0 Å². The molecule has 0 atom stereocenters. The van der Waals surface area contributed by atoms with E-state index in [1.165, 1.54) is 0 Å². The Bertz CT molecular complexity index is 485. The molecule has 1 heterocycles. The molecule has 0 amide bonds. The minimum absolute atomic E-state index is 0.541. The van der Waals surface area contributed by atoms with Gasteiger partial charge in [0, 0.05) is 18.3 Å². The van der Waals surface area contributed by atoms with E-state index < -0.39 is 0 Å². The third kappa shape index (κ3) is 2.66. The lowest BCUT2D eigenvalue weighted by molar-refractivity contribution is 0.351. The van der Waals surface area contributed by atoms with Crippen molar-refractivity contribution < 1.29 is 14.2 Å². The molecule has 4 heteroatoms. The maximum absolute atomic E-state index is 5.57. The topological polar surface area (TPSA) is 40.6 Å². The Kier molecular flexibility index (Phi) is 3.45. The van der Waals surface area contributed by atoms with Gasteiger partial charge in [-0.25, -0.2) is 4.98 Å². The predicted molar refractivity (Wildman–Crippen MR) is 63.9 cm³/mol. The normalized spacial score (nSPS) is 9.76. The molecule has 0 N–H and O–H groups in total. The van der Waals surface area contributed by atoms with E-state index in [2.05, 4.69) is 4.98 Å². The summed E-state index contributed by atoms with van der Waals surface area (Å²) in [6.45, 7) is 0. The van der Waals surface area contributed by atoms with Gasteiger partial charge in [-0.15, -0.1) is 0 Å². The molecular weight excluding hydrogens is 218 g/mol. The first-order chi connectivity index (χ1) is 8.33. The van der Waals surface area contributed by atoms with Gasteiger partial charge in [0.05, 0.1) is 14.2 Å². The van der Waals surface area contributed by atoms with Crippen LogP contribution in [0.1, 0.15) is 0 Å². The molecule has 0 aliphatic rings. The van der Waals surface area contributed by atoms with Crippen molar-refractivity contribution in [2.24, 2.45) is 0 Å². The van der Waals surface area contributed by atoms with Crippen molar-refractivity contribution in [1.82, 2.24) is 4.98 Å². The number of hydrogen-bond acceptors (Lipinski definition) is 4. The number of pyridine rings is 1. The first-order valence-corrected chi connectivity index (χ1v) is 5.14. The lowest BCUT2D eigenvalue weighted by Gasteiger charge is -2.09. The van der Waals surface area contributed by atoms with Crippen molar-refractivity contribution in [2.45, 2.75) is 0 Å². The molecule has 0 saturated heterocycles. The zero-order valence-electron chi connectivity index (χ0n) is 9.71. The summed E-state index contributed by atoms with van der Waals surface area (Å²) in [4.78, 5) is 4.08. The van der Waals surface area contributed by atoms with E-state index in [1.807, 2.05) is 12.1 Å². The van der Waals surface area contributed by atoms with Crippen LogP contribution in [0.2, 0.25) is 0 Å². The Balaban J connectivity index is 2.22. The number of methoxy groups -OCH3 is 2. The smallest absolute Gasteiger partial charge is 0.219 e. The Morgan fingerprint density at radius 2 is 1.76 bits per heavy atom. The highest BCUT2D eigenvalue weighted by atomic mass is 16.5. The number of ether oxygens (including phenoxy) is 3. The van der Waals surface area contributed by atoms with Crippen LogP contribution in [-0.2, 0) is 0 Å². The van der Waals surface area contributed by atoms with Crippen molar-refractivity contribution in [3.8, 4) is 23.1 Å². The number of rotatable bonds is 4. The van der Waals surface area contributed by atoms with Crippen molar-refractivity contribution in [1.29, 1.82) is 0 Å². The van der Waals surface area contributed by atoms with Gasteiger partial charge in [0.15, 0.2) is 11.5 Å². The predicted octanol–water partition coefficient (Wildman–Crippen LogP) is 2.89. The minimum Gasteiger partial charge on any atom is -0.493 e. The van der Waals surface area contributed by atoms with Crippen molar-refractivity contribution in [3.05, 3.63) is 42.6 Å². The Hall–Kier alpha value is -2.23. The van der Waals surface area contributed by atoms with E-state index in [1.54, 1.807) is 44.7 Å². The van der Waals surface area contributed by atoms with E-state index in [9.17, 15) is 0 Å². The zero-order chi connectivity index (χ0) is 12.1. The fourth-order valence-corrected chi connectivity index (χ4v) is 1.41. The molecule has 0 aliphatic carbocycles. The fraction of sp³-hybridized carbons (Fsp3) is 0.154. The van der Waals surface area contributed by atoms with Crippen LogP contribution in [0.3, 0.4) is 0 Å². The van der Waals surface area contributed by atoms with E-state index in [0.717, 1.165) is 0 Å². The molecule has 0 fully saturated rings. The summed E-state index contributed by atoms with van der Waals surface area (Å²) in [5.74, 6) is 2.49. The molecule has 0 radical (unpaired) electrons. The molecule has 0 saturated carbocycles. The lowest BCUT2D eigenvalue weighted by Crippen LogP contribution is -1.92. The second-order valence-corrected chi connectivity index (χ2v) is 3.29. The second kappa shape index (κ2) is 5.21. The van der Waals surface area contributed by atoms with Crippen LogP contribution >= 0.6 is 0 Å². The Morgan fingerprint density at radius 1 is 0.941 bits per heavy atom. The van der Waals surface area contributed by atoms with Gasteiger partial charge in [-0.2, -0.15) is 0 Å². The van der Waals surface area contributed by atoms with Gasteiger partial charge < -0.3 is 14.2 Å². The molecule has 88 valence electrons. The van der Waals surface area contributed by atoms with E-state index >= 15 is 0 Å². The average Bonchev–Trinajstić information content (AvgIpc) is 2.40. The van der Waals surface area contributed by atoms with Gasteiger partial charge in [-0.1, -0.05) is 6.07 Å². The molecule has 0 unspecified atom stereocenters. The molecular formula is C13H13NO3. The van der Waals surface area contributed by atoms with Crippen LogP contribution in [0.15, 0.2) is 42.6 Å². The molecule has 0 bridgehead atoms. The summed E-state index contributed by atoms with van der Waals surface area (Å²) in [6.07, 6.45) is 1.68. The number of nitrogens with zero attached hydrogens (tertiary/aromatic N) is 1. The Labute approximate surface area is 99.8 Å². The minimum atomic E-state index is 0.541. The monoisotopic (exact) mass is 231 g/mol. The highest BCUT2D eigenvalue weighted by Crippen LogP contribution is 2.32. The third-order valence-electron chi connectivity index (χ3n) is 2.22. The summed E-state index contributed by atoms with van der Waals surface area (Å²) < 4.78 is 15.9. The van der Waals surface area contributed by atoms with Crippen LogP contribution in [0.5, 0.6) is 23.1 Å². The van der Waals surface area contributed by atoms with E-state index in [-0.39, 0.29) is 0 Å². The average molecular weight is 231 g/mol. The molecule has 4 nitrogen and oxygen atoms in total. The van der Waals surface area contributed by atoms with Crippen LogP contribution < -0.4 is 14.2 Å². The van der Waals surface area contributed by atoms with Gasteiger partial charge in [-0.05, 0) is 18.2 Å². The quantitative estimate of drug-likeness (QED) is 0.811. The van der Waals surface area contributed by atoms with Crippen LogP contribution in [0.4, 0.5) is 0 Å². The maximum Gasteiger partial charge on any atom is 0.219 e. The molecule has 1 aromatic heterocycles. The maximum atomic E-state index is 5.57. The molecule has 2 aromatic rings. The SMILES string of the molecule is COc1ccc(Oc2ccccn2)cc1OC. The Morgan fingerprint density at radius 3 is 2.41 bits per heavy atom. The largest absolute Gasteiger partial charge is 0.493 e. The summed E-state index contributed by atoms with van der Waals surface area (Å²) in [7, 11) is 3.18. The summed E-state index contributed by atoms with van der Waals surface area (Å²) in [6, 6.07) is 10.8. The number of hydrogen-bond donors (Lipinski definition) is 0. The highest BCUT2D eigenvalue weighted by molar-refractivity contribution is 5.46. The van der Waals surface area contributed by atoms with Gasteiger partial charge in [-0.3, -0.25) is 0 Å². The zero-order valence-corrected chi connectivity index (χ0v) is 9.71. The van der Waals surface area contributed by atoms with E-state index in [4.69, 9.17) is 14.2 Å². The first-order valence-electron chi connectivity index (χ1n) is 5.14. The molecule has 0 spiro atoms. The van der Waals surface area contributed by atoms with Crippen LogP contribution in [0.25, 0.3) is 0 Å². The molecule has 2 rings (SSSR count).